The van der Waals surface area contributed by atoms with E-state index in [1.807, 2.05) is 0 Å². The molecule has 2 rings (SSSR count). The number of aromatic nitrogens is 1. The second kappa shape index (κ2) is 5.98. The van der Waals surface area contributed by atoms with Gasteiger partial charge in [0.15, 0.2) is 5.03 Å². The molecule has 8 heteroatoms. The van der Waals surface area contributed by atoms with E-state index in [1.165, 1.54) is 18.3 Å². The molecule has 5 nitrogen and oxygen atoms in total. The van der Waals surface area contributed by atoms with Crippen LogP contribution < -0.4 is 10.0 Å². The molecule has 2 N–H and O–H groups in total. The smallest absolute Gasteiger partial charge is 0.281 e. The molecule has 0 amide bonds. The number of hydrogen-bond donors (Lipinski definition) is 2. The molecule has 0 saturated heterocycles. The lowest BCUT2D eigenvalue weighted by Gasteiger charge is -2.13. The Morgan fingerprint density at radius 3 is 2.67 bits per heavy atom. The molecule has 21 heavy (non-hydrogen) atoms. The molecule has 0 aliphatic heterocycles. The van der Waals surface area contributed by atoms with E-state index in [0.29, 0.717) is 11.3 Å². The van der Waals surface area contributed by atoms with E-state index >= 15 is 0 Å². The lowest BCUT2D eigenvalue weighted by atomic mass is 10.2. The largest absolute Gasteiger partial charge is 0.386 e. The summed E-state index contributed by atoms with van der Waals surface area (Å²) in [6, 6.07) is 5.86. The third kappa shape index (κ3) is 3.33. The minimum absolute atomic E-state index is 0.118. The van der Waals surface area contributed by atoms with Crippen molar-refractivity contribution in [2.24, 2.45) is 0 Å². The Morgan fingerprint density at radius 1 is 1.29 bits per heavy atom. The van der Waals surface area contributed by atoms with Crippen LogP contribution in [0.25, 0.3) is 0 Å². The molecule has 0 unspecified atom stereocenters. The van der Waals surface area contributed by atoms with Crippen molar-refractivity contribution in [3.63, 3.8) is 0 Å². The van der Waals surface area contributed by atoms with Gasteiger partial charge in [0.25, 0.3) is 10.0 Å². The van der Waals surface area contributed by atoms with Crippen molar-refractivity contribution in [2.75, 3.05) is 17.1 Å². The maximum absolute atomic E-state index is 13.4. The molecular weight excluding hydrogens is 361 g/mol. The number of pyridine rings is 1. The van der Waals surface area contributed by atoms with Crippen LogP contribution in [0.3, 0.4) is 0 Å². The van der Waals surface area contributed by atoms with E-state index in [9.17, 15) is 12.8 Å². The number of sulfonamides is 1. The summed E-state index contributed by atoms with van der Waals surface area (Å²) in [5.41, 5.74) is 1.14. The monoisotopic (exact) mass is 373 g/mol. The van der Waals surface area contributed by atoms with Crippen LogP contribution in [-0.4, -0.2) is 20.4 Å². The summed E-state index contributed by atoms with van der Waals surface area (Å²) in [4.78, 5) is 3.89. The first kappa shape index (κ1) is 15.7. The fourth-order valence-electron chi connectivity index (χ4n) is 1.74. The van der Waals surface area contributed by atoms with E-state index in [0.717, 1.165) is 0 Å². The summed E-state index contributed by atoms with van der Waals surface area (Å²) in [5, 5.41) is 2.65. The Hall–Kier alpha value is -1.67. The van der Waals surface area contributed by atoms with Gasteiger partial charge in [-0.2, -0.15) is 8.42 Å². The van der Waals surface area contributed by atoms with Crippen molar-refractivity contribution in [3.8, 4) is 0 Å². The van der Waals surface area contributed by atoms with Crippen molar-refractivity contribution < 1.29 is 12.8 Å². The normalized spacial score (nSPS) is 11.2. The van der Waals surface area contributed by atoms with E-state index in [1.54, 1.807) is 26.1 Å². The van der Waals surface area contributed by atoms with Gasteiger partial charge in [-0.25, -0.2) is 9.37 Å². The SMILES string of the molecule is CNc1cccnc1S(=O)(=O)Nc1cc(Br)c(F)cc1C. The van der Waals surface area contributed by atoms with Crippen LogP contribution in [0.4, 0.5) is 15.8 Å². The number of hydrogen-bond acceptors (Lipinski definition) is 4. The van der Waals surface area contributed by atoms with Crippen LogP contribution >= 0.6 is 15.9 Å². The standard InChI is InChI=1S/C13H13BrFN3O2S/c1-8-6-10(15)9(14)7-12(8)18-21(19,20)13-11(16-2)4-3-5-17-13/h3-7,16,18H,1-2H3. The molecule has 0 fully saturated rings. The second-order valence-corrected chi connectivity index (χ2v) is 6.74. The fraction of sp³-hybridized carbons (Fsp3) is 0.154. The quantitative estimate of drug-likeness (QED) is 0.863. The molecule has 0 aliphatic rings. The first-order valence-electron chi connectivity index (χ1n) is 5.96. The molecule has 0 radical (unpaired) electrons. The van der Waals surface area contributed by atoms with Gasteiger partial charge in [-0.05, 0) is 52.7 Å². The highest BCUT2D eigenvalue weighted by Gasteiger charge is 2.21. The predicted octanol–water partition coefficient (Wildman–Crippen LogP) is 3.13. The van der Waals surface area contributed by atoms with Crippen LogP contribution in [0.2, 0.25) is 0 Å². The zero-order valence-electron chi connectivity index (χ0n) is 11.3. The highest BCUT2D eigenvalue weighted by molar-refractivity contribution is 9.10. The number of nitrogens with one attached hydrogen (secondary N) is 2. The second-order valence-electron chi connectivity index (χ2n) is 4.29. The lowest BCUT2D eigenvalue weighted by molar-refractivity contribution is 0.597. The predicted molar refractivity (Wildman–Crippen MR) is 83.4 cm³/mol. The van der Waals surface area contributed by atoms with Crippen LogP contribution in [0.1, 0.15) is 5.56 Å². The van der Waals surface area contributed by atoms with Crippen molar-refractivity contribution in [2.45, 2.75) is 11.9 Å². The average molecular weight is 374 g/mol. The van der Waals surface area contributed by atoms with E-state index in [4.69, 9.17) is 0 Å². The minimum atomic E-state index is -3.88. The van der Waals surface area contributed by atoms with Gasteiger partial charge in [0.2, 0.25) is 0 Å². The molecule has 1 aromatic heterocycles. The molecular formula is C13H13BrFN3O2S. The van der Waals surface area contributed by atoms with Crippen molar-refractivity contribution >= 4 is 37.3 Å². The summed E-state index contributed by atoms with van der Waals surface area (Å²) < 4.78 is 40.8. The molecule has 1 heterocycles. The van der Waals surface area contributed by atoms with E-state index in [-0.39, 0.29) is 15.2 Å². The molecule has 0 bridgehead atoms. The van der Waals surface area contributed by atoms with Crippen LogP contribution in [0, 0.1) is 12.7 Å². The van der Waals surface area contributed by atoms with Crippen molar-refractivity contribution in [1.29, 1.82) is 0 Å². The fourth-order valence-corrected chi connectivity index (χ4v) is 3.35. The van der Waals surface area contributed by atoms with Gasteiger partial charge in [-0.15, -0.1) is 0 Å². The number of rotatable bonds is 4. The summed E-state index contributed by atoms with van der Waals surface area (Å²) in [6.07, 6.45) is 1.39. The van der Waals surface area contributed by atoms with Crippen LogP contribution in [-0.2, 0) is 10.0 Å². The molecule has 0 aliphatic carbocycles. The Labute approximate surface area is 130 Å². The van der Waals surface area contributed by atoms with Gasteiger partial charge < -0.3 is 5.32 Å². The van der Waals surface area contributed by atoms with Crippen LogP contribution in [0.5, 0.6) is 0 Å². The summed E-state index contributed by atoms with van der Waals surface area (Å²) in [7, 11) is -2.27. The molecule has 112 valence electrons. The molecule has 1 aromatic carbocycles. The Kier molecular flexibility index (Phi) is 4.48. The van der Waals surface area contributed by atoms with Crippen LogP contribution in [0.15, 0.2) is 40.0 Å². The van der Waals surface area contributed by atoms with Crippen molar-refractivity contribution in [1.82, 2.24) is 4.98 Å². The number of aryl methyl sites for hydroxylation is 1. The third-order valence-electron chi connectivity index (χ3n) is 2.81. The first-order chi connectivity index (χ1) is 9.85. The number of benzene rings is 1. The minimum Gasteiger partial charge on any atom is -0.386 e. The number of nitrogens with zero attached hydrogens (tertiary/aromatic N) is 1. The summed E-state index contributed by atoms with van der Waals surface area (Å²) in [6.45, 7) is 1.62. The topological polar surface area (TPSA) is 71.1 Å². The number of halogens is 2. The maximum atomic E-state index is 13.4. The van der Waals surface area contributed by atoms with Gasteiger partial charge in [0, 0.05) is 13.2 Å². The highest BCUT2D eigenvalue weighted by Crippen LogP contribution is 2.27. The van der Waals surface area contributed by atoms with Gasteiger partial charge in [0.05, 0.1) is 15.8 Å². The average Bonchev–Trinajstić information content (AvgIpc) is 2.44. The first-order valence-corrected chi connectivity index (χ1v) is 8.24. The van der Waals surface area contributed by atoms with Crippen molar-refractivity contribution in [3.05, 3.63) is 46.3 Å². The molecule has 0 atom stereocenters. The van der Waals surface area contributed by atoms with Gasteiger partial charge in [-0.3, -0.25) is 4.72 Å². The highest BCUT2D eigenvalue weighted by atomic mass is 79.9. The van der Waals surface area contributed by atoms with E-state index in [2.05, 4.69) is 31.0 Å². The zero-order chi connectivity index (χ0) is 15.6. The maximum Gasteiger partial charge on any atom is 0.281 e. The third-order valence-corrected chi connectivity index (χ3v) is 4.74. The van der Waals surface area contributed by atoms with Gasteiger partial charge in [0.1, 0.15) is 5.82 Å². The zero-order valence-corrected chi connectivity index (χ0v) is 13.7. The summed E-state index contributed by atoms with van der Waals surface area (Å²) in [5.74, 6) is -0.454. The summed E-state index contributed by atoms with van der Waals surface area (Å²) >= 11 is 3.03. The molecule has 0 spiro atoms. The van der Waals surface area contributed by atoms with Gasteiger partial charge >= 0.3 is 0 Å². The van der Waals surface area contributed by atoms with Gasteiger partial charge in [-0.1, -0.05) is 0 Å². The molecule has 0 saturated carbocycles. The number of anilines is 2. The molecule has 2 aromatic rings. The Balaban J connectivity index is 2.45. The lowest BCUT2D eigenvalue weighted by Crippen LogP contribution is -2.17. The van der Waals surface area contributed by atoms with E-state index < -0.39 is 15.8 Å². The Bertz CT molecular complexity index is 781. The Morgan fingerprint density at radius 2 is 2.00 bits per heavy atom.